The second-order valence-corrected chi connectivity index (χ2v) is 5.24. The second-order valence-electron chi connectivity index (χ2n) is 5.24. The fourth-order valence-corrected chi connectivity index (χ4v) is 2.17. The van der Waals surface area contributed by atoms with Crippen molar-refractivity contribution in [1.29, 1.82) is 0 Å². The highest BCUT2D eigenvalue weighted by molar-refractivity contribution is 6.13. The number of carbonyl (C=O) groups excluding carboxylic acids is 2. The maximum Gasteiger partial charge on any atom is 0.240 e. The van der Waals surface area contributed by atoms with Crippen molar-refractivity contribution in [2.75, 3.05) is 32.2 Å². The van der Waals surface area contributed by atoms with Gasteiger partial charge in [0.15, 0.2) is 0 Å². The fraction of sp³-hybridized carbons (Fsp3) is 0.500. The molecule has 6 heteroatoms. The number of anilines is 1. The standard InChI is InChI=1S/C16H22N2O4/c1-3-22-13-6-4-12(5-7-13)18-15(20)16(8-9-16)14(19)17-10-11-21-2/h4-7H,3,8-11H2,1-2H3,(H,17,19)(H,18,20). The molecule has 2 N–H and O–H groups in total. The quantitative estimate of drug-likeness (QED) is 0.564. The minimum Gasteiger partial charge on any atom is -0.494 e. The van der Waals surface area contributed by atoms with Crippen LogP contribution in [0, 0.1) is 5.41 Å². The van der Waals surface area contributed by atoms with E-state index in [1.807, 2.05) is 6.92 Å². The molecule has 0 bridgehead atoms. The normalized spacial score (nSPS) is 15.0. The summed E-state index contributed by atoms with van der Waals surface area (Å²) in [6.45, 7) is 3.35. The minimum atomic E-state index is -0.924. The summed E-state index contributed by atoms with van der Waals surface area (Å²) in [5.41, 5.74) is -0.267. The zero-order valence-corrected chi connectivity index (χ0v) is 13.0. The van der Waals surface area contributed by atoms with Gasteiger partial charge >= 0.3 is 0 Å². The van der Waals surface area contributed by atoms with Crippen molar-refractivity contribution >= 4 is 17.5 Å². The Bertz CT molecular complexity index is 523. The smallest absolute Gasteiger partial charge is 0.240 e. The SMILES string of the molecule is CCOc1ccc(NC(=O)C2(C(=O)NCCOC)CC2)cc1. The van der Waals surface area contributed by atoms with Gasteiger partial charge in [-0.25, -0.2) is 0 Å². The van der Waals surface area contributed by atoms with Crippen LogP contribution in [0.4, 0.5) is 5.69 Å². The maximum atomic E-state index is 12.3. The third-order valence-electron chi connectivity index (χ3n) is 3.63. The Hall–Kier alpha value is -2.08. The molecule has 1 saturated carbocycles. The molecule has 1 aliphatic carbocycles. The van der Waals surface area contributed by atoms with Crippen molar-refractivity contribution in [3.05, 3.63) is 24.3 Å². The Morgan fingerprint density at radius 1 is 1.18 bits per heavy atom. The Morgan fingerprint density at radius 3 is 2.41 bits per heavy atom. The van der Waals surface area contributed by atoms with Gasteiger partial charge in [0.25, 0.3) is 0 Å². The van der Waals surface area contributed by atoms with Crippen LogP contribution < -0.4 is 15.4 Å². The highest BCUT2D eigenvalue weighted by atomic mass is 16.5. The summed E-state index contributed by atoms with van der Waals surface area (Å²) in [6, 6.07) is 7.11. The third-order valence-corrected chi connectivity index (χ3v) is 3.63. The predicted molar refractivity (Wildman–Crippen MR) is 82.8 cm³/mol. The van der Waals surface area contributed by atoms with Crippen molar-refractivity contribution in [2.45, 2.75) is 19.8 Å². The molecule has 22 heavy (non-hydrogen) atoms. The van der Waals surface area contributed by atoms with Gasteiger partial charge in [-0.05, 0) is 44.0 Å². The lowest BCUT2D eigenvalue weighted by molar-refractivity contribution is -0.134. The molecule has 2 rings (SSSR count). The van der Waals surface area contributed by atoms with Gasteiger partial charge in [0.05, 0.1) is 13.2 Å². The van der Waals surface area contributed by atoms with Crippen molar-refractivity contribution < 1.29 is 19.1 Å². The van der Waals surface area contributed by atoms with Crippen LogP contribution in [0.15, 0.2) is 24.3 Å². The average molecular weight is 306 g/mol. The number of hydrogen-bond acceptors (Lipinski definition) is 4. The van der Waals surface area contributed by atoms with Gasteiger partial charge in [0.2, 0.25) is 11.8 Å². The molecular formula is C16H22N2O4. The molecule has 0 atom stereocenters. The van der Waals surface area contributed by atoms with Gasteiger partial charge in [0.1, 0.15) is 11.2 Å². The lowest BCUT2D eigenvalue weighted by atomic mass is 10.1. The van der Waals surface area contributed by atoms with Gasteiger partial charge < -0.3 is 20.1 Å². The summed E-state index contributed by atoms with van der Waals surface area (Å²) in [5, 5.41) is 5.53. The molecule has 2 amide bonds. The van der Waals surface area contributed by atoms with Gasteiger partial charge in [-0.2, -0.15) is 0 Å². The Balaban J connectivity index is 1.92. The fourth-order valence-electron chi connectivity index (χ4n) is 2.17. The van der Waals surface area contributed by atoms with Crippen LogP contribution in [-0.4, -0.2) is 38.7 Å². The molecular weight excluding hydrogens is 284 g/mol. The lowest BCUT2D eigenvalue weighted by Crippen LogP contribution is -2.41. The number of benzene rings is 1. The van der Waals surface area contributed by atoms with E-state index in [2.05, 4.69) is 10.6 Å². The van der Waals surface area contributed by atoms with Gasteiger partial charge in [-0.1, -0.05) is 0 Å². The number of methoxy groups -OCH3 is 1. The summed E-state index contributed by atoms with van der Waals surface area (Å²) in [7, 11) is 1.57. The summed E-state index contributed by atoms with van der Waals surface area (Å²) >= 11 is 0. The topological polar surface area (TPSA) is 76.7 Å². The molecule has 120 valence electrons. The van der Waals surface area contributed by atoms with Crippen molar-refractivity contribution in [3.63, 3.8) is 0 Å². The molecule has 0 aromatic heterocycles. The summed E-state index contributed by atoms with van der Waals surface area (Å²) < 4.78 is 10.2. The molecule has 0 heterocycles. The third kappa shape index (κ3) is 3.76. The number of amides is 2. The number of carbonyl (C=O) groups is 2. The molecule has 1 fully saturated rings. The molecule has 0 spiro atoms. The summed E-state index contributed by atoms with van der Waals surface area (Å²) in [5.74, 6) is 0.263. The van der Waals surface area contributed by atoms with Crippen molar-refractivity contribution in [2.24, 2.45) is 5.41 Å². The predicted octanol–water partition coefficient (Wildman–Crippen LogP) is 1.57. The lowest BCUT2D eigenvalue weighted by Gasteiger charge is -2.15. The Kier molecular flexibility index (Phi) is 5.38. The van der Waals surface area contributed by atoms with E-state index in [4.69, 9.17) is 9.47 Å². The van der Waals surface area contributed by atoms with E-state index >= 15 is 0 Å². The number of hydrogen-bond donors (Lipinski definition) is 2. The van der Waals surface area contributed by atoms with Crippen LogP contribution in [0.2, 0.25) is 0 Å². The largest absolute Gasteiger partial charge is 0.494 e. The van der Waals surface area contributed by atoms with E-state index in [1.54, 1.807) is 31.4 Å². The van der Waals surface area contributed by atoms with E-state index in [1.165, 1.54) is 0 Å². The highest BCUT2D eigenvalue weighted by Gasteiger charge is 2.56. The van der Waals surface area contributed by atoms with Crippen LogP contribution in [0.25, 0.3) is 0 Å². The molecule has 1 aliphatic rings. The molecule has 0 aliphatic heterocycles. The maximum absolute atomic E-state index is 12.3. The molecule has 1 aromatic carbocycles. The number of ether oxygens (including phenoxy) is 2. The van der Waals surface area contributed by atoms with E-state index in [0.29, 0.717) is 38.3 Å². The average Bonchev–Trinajstić information content (AvgIpc) is 3.31. The van der Waals surface area contributed by atoms with Crippen LogP contribution in [0.3, 0.4) is 0 Å². The van der Waals surface area contributed by atoms with Gasteiger partial charge in [-0.15, -0.1) is 0 Å². The number of nitrogens with one attached hydrogen (secondary N) is 2. The first-order valence-corrected chi connectivity index (χ1v) is 7.44. The molecule has 0 unspecified atom stereocenters. The van der Waals surface area contributed by atoms with E-state index in [0.717, 1.165) is 5.75 Å². The zero-order valence-electron chi connectivity index (χ0n) is 13.0. The Morgan fingerprint density at radius 2 is 1.86 bits per heavy atom. The first kappa shape index (κ1) is 16.3. The monoisotopic (exact) mass is 306 g/mol. The Labute approximate surface area is 130 Å². The van der Waals surface area contributed by atoms with Crippen LogP contribution in [-0.2, 0) is 14.3 Å². The summed E-state index contributed by atoms with van der Waals surface area (Å²) in [4.78, 5) is 24.5. The molecule has 0 saturated heterocycles. The van der Waals surface area contributed by atoms with E-state index in [9.17, 15) is 9.59 Å². The van der Waals surface area contributed by atoms with E-state index < -0.39 is 5.41 Å². The van der Waals surface area contributed by atoms with Crippen LogP contribution >= 0.6 is 0 Å². The first-order chi connectivity index (χ1) is 10.6. The van der Waals surface area contributed by atoms with Crippen molar-refractivity contribution in [1.82, 2.24) is 5.32 Å². The number of rotatable bonds is 8. The zero-order chi connectivity index (χ0) is 16.0. The van der Waals surface area contributed by atoms with E-state index in [-0.39, 0.29) is 11.8 Å². The second kappa shape index (κ2) is 7.26. The first-order valence-electron chi connectivity index (χ1n) is 7.44. The van der Waals surface area contributed by atoms with Crippen LogP contribution in [0.1, 0.15) is 19.8 Å². The molecule has 1 aromatic rings. The molecule has 0 radical (unpaired) electrons. The van der Waals surface area contributed by atoms with Crippen LogP contribution in [0.5, 0.6) is 5.75 Å². The highest BCUT2D eigenvalue weighted by Crippen LogP contribution is 2.46. The van der Waals surface area contributed by atoms with Gasteiger partial charge in [0, 0.05) is 19.3 Å². The molecule has 6 nitrogen and oxygen atoms in total. The van der Waals surface area contributed by atoms with Crippen molar-refractivity contribution in [3.8, 4) is 5.75 Å². The van der Waals surface area contributed by atoms with Gasteiger partial charge in [-0.3, -0.25) is 9.59 Å². The minimum absolute atomic E-state index is 0.229. The summed E-state index contributed by atoms with van der Waals surface area (Å²) in [6.07, 6.45) is 1.16.